The second-order valence-electron chi connectivity index (χ2n) is 4.83. The topological polar surface area (TPSA) is 89.6 Å². The molecule has 0 aromatic heterocycles. The van der Waals surface area contributed by atoms with E-state index < -0.39 is 17.8 Å². The van der Waals surface area contributed by atoms with Crippen molar-refractivity contribution >= 4 is 11.9 Å². The minimum absolute atomic E-state index is 0.130. The number of carbonyl (C=O) groups excluding carboxylic acids is 2. The molecule has 0 radical (unpaired) electrons. The Balaban J connectivity index is 2.23. The number of hydrogen-bond donors (Lipinski definition) is 2. The van der Waals surface area contributed by atoms with Crippen molar-refractivity contribution in [3.8, 4) is 0 Å². The lowest BCUT2D eigenvalue weighted by Gasteiger charge is -2.37. The van der Waals surface area contributed by atoms with Gasteiger partial charge in [-0.15, -0.1) is 0 Å². The van der Waals surface area contributed by atoms with Crippen LogP contribution in [0.1, 0.15) is 24.8 Å². The molecular weight excluding hydrogens is 246 g/mol. The number of amides is 1. The second-order valence-corrected chi connectivity index (χ2v) is 4.83. The maximum atomic E-state index is 12.0. The summed E-state index contributed by atoms with van der Waals surface area (Å²) in [5, 5.41) is 10.6. The van der Waals surface area contributed by atoms with Gasteiger partial charge >= 0.3 is 6.09 Å². The number of nitrogens with two attached hydrogens (primary N) is 1. The van der Waals surface area contributed by atoms with E-state index in [1.165, 1.54) is 0 Å². The molecule has 19 heavy (non-hydrogen) atoms. The van der Waals surface area contributed by atoms with E-state index >= 15 is 0 Å². The Labute approximate surface area is 111 Å². The van der Waals surface area contributed by atoms with Gasteiger partial charge in [-0.3, -0.25) is 4.79 Å². The molecule has 1 aliphatic rings. The average Bonchev–Trinajstić information content (AvgIpc) is 2.36. The van der Waals surface area contributed by atoms with Gasteiger partial charge in [0, 0.05) is 12.8 Å². The van der Waals surface area contributed by atoms with Crippen molar-refractivity contribution in [3.63, 3.8) is 0 Å². The predicted molar refractivity (Wildman–Crippen MR) is 68.4 cm³/mol. The number of aliphatic hydroxyl groups is 1. The van der Waals surface area contributed by atoms with Crippen molar-refractivity contribution in [2.75, 3.05) is 0 Å². The van der Waals surface area contributed by atoms with Gasteiger partial charge in [-0.25, -0.2) is 4.79 Å². The summed E-state index contributed by atoms with van der Waals surface area (Å²) in [7, 11) is 0. The quantitative estimate of drug-likeness (QED) is 0.856. The van der Waals surface area contributed by atoms with Crippen molar-refractivity contribution < 1.29 is 19.4 Å². The van der Waals surface area contributed by atoms with E-state index in [0.29, 0.717) is 19.3 Å². The number of hydrogen-bond acceptors (Lipinski definition) is 4. The van der Waals surface area contributed by atoms with E-state index in [9.17, 15) is 14.7 Å². The van der Waals surface area contributed by atoms with Gasteiger partial charge in [0.15, 0.2) is 11.4 Å². The Bertz CT molecular complexity index is 474. The van der Waals surface area contributed by atoms with E-state index in [4.69, 9.17) is 10.5 Å². The number of primary amides is 1. The highest BCUT2D eigenvalue weighted by atomic mass is 16.6. The van der Waals surface area contributed by atoms with Crippen molar-refractivity contribution in [2.24, 2.45) is 5.73 Å². The Morgan fingerprint density at radius 2 is 2.11 bits per heavy atom. The van der Waals surface area contributed by atoms with Crippen LogP contribution in [-0.4, -0.2) is 28.7 Å². The number of Topliss-reactive ketones (excluding diaryl/α,β-unsaturated/α-hetero) is 1. The van der Waals surface area contributed by atoms with Gasteiger partial charge in [-0.05, 0) is 18.4 Å². The highest BCUT2D eigenvalue weighted by molar-refractivity contribution is 5.89. The van der Waals surface area contributed by atoms with Crippen LogP contribution in [0.2, 0.25) is 0 Å². The summed E-state index contributed by atoms with van der Waals surface area (Å²) in [6, 6.07) is 9.15. The zero-order chi connectivity index (χ0) is 13.9. The SMILES string of the molecule is NC(=O)OC1CCCC(=O)C1(O)Cc1ccccc1. The molecule has 2 unspecified atom stereocenters. The molecule has 5 nitrogen and oxygen atoms in total. The number of benzene rings is 1. The van der Waals surface area contributed by atoms with Crippen LogP contribution in [0, 0.1) is 0 Å². The summed E-state index contributed by atoms with van der Waals surface area (Å²) in [5.41, 5.74) is 4.15. The van der Waals surface area contributed by atoms with Gasteiger partial charge in [0.05, 0.1) is 0 Å². The van der Waals surface area contributed by atoms with Crippen LogP contribution in [0.15, 0.2) is 30.3 Å². The fraction of sp³-hybridized carbons (Fsp3) is 0.429. The average molecular weight is 263 g/mol. The Morgan fingerprint density at radius 3 is 2.74 bits per heavy atom. The molecule has 1 aromatic rings. The minimum Gasteiger partial charge on any atom is -0.443 e. The van der Waals surface area contributed by atoms with Crippen LogP contribution in [-0.2, 0) is 16.0 Å². The molecule has 102 valence electrons. The largest absolute Gasteiger partial charge is 0.443 e. The van der Waals surface area contributed by atoms with Crippen molar-refractivity contribution in [3.05, 3.63) is 35.9 Å². The van der Waals surface area contributed by atoms with Gasteiger partial charge < -0.3 is 15.6 Å². The predicted octanol–water partition coefficient (Wildman–Crippen LogP) is 1.18. The lowest BCUT2D eigenvalue weighted by Crippen LogP contribution is -2.55. The normalized spacial score (nSPS) is 27.0. The molecule has 5 heteroatoms. The molecule has 0 aliphatic heterocycles. The Kier molecular flexibility index (Phi) is 3.85. The van der Waals surface area contributed by atoms with Crippen molar-refractivity contribution in [1.82, 2.24) is 0 Å². The first-order chi connectivity index (χ1) is 9.02. The summed E-state index contributed by atoms with van der Waals surface area (Å²) in [5.74, 6) is -0.297. The fourth-order valence-corrected chi connectivity index (χ4v) is 2.50. The maximum Gasteiger partial charge on any atom is 0.404 e. The summed E-state index contributed by atoms with van der Waals surface area (Å²) in [4.78, 5) is 22.9. The Morgan fingerprint density at radius 1 is 1.42 bits per heavy atom. The van der Waals surface area contributed by atoms with E-state index in [-0.39, 0.29) is 12.2 Å². The molecule has 1 fully saturated rings. The van der Waals surface area contributed by atoms with E-state index in [1.54, 1.807) is 0 Å². The summed E-state index contributed by atoms with van der Waals surface area (Å²) in [6.07, 6.45) is -0.379. The number of ketones is 1. The van der Waals surface area contributed by atoms with Gasteiger partial charge in [0.25, 0.3) is 0 Å². The molecule has 0 saturated heterocycles. The lowest BCUT2D eigenvalue weighted by molar-refractivity contribution is -0.156. The van der Waals surface area contributed by atoms with Gasteiger partial charge in [-0.2, -0.15) is 0 Å². The fourth-order valence-electron chi connectivity index (χ4n) is 2.50. The van der Waals surface area contributed by atoms with Crippen LogP contribution in [0.4, 0.5) is 4.79 Å². The highest BCUT2D eigenvalue weighted by Crippen LogP contribution is 2.31. The summed E-state index contributed by atoms with van der Waals surface area (Å²) < 4.78 is 4.92. The molecule has 1 amide bonds. The van der Waals surface area contributed by atoms with Crippen LogP contribution < -0.4 is 5.73 Å². The van der Waals surface area contributed by atoms with E-state index in [0.717, 1.165) is 5.56 Å². The Hall–Kier alpha value is -1.88. The van der Waals surface area contributed by atoms with Gasteiger partial charge in [0.2, 0.25) is 0 Å². The molecule has 0 spiro atoms. The molecular formula is C14H17NO4. The van der Waals surface area contributed by atoms with Crippen LogP contribution in [0.25, 0.3) is 0 Å². The number of rotatable bonds is 3. The third-order valence-corrected chi connectivity index (χ3v) is 3.46. The monoisotopic (exact) mass is 263 g/mol. The van der Waals surface area contributed by atoms with Crippen molar-refractivity contribution in [2.45, 2.75) is 37.4 Å². The van der Waals surface area contributed by atoms with Crippen LogP contribution in [0.5, 0.6) is 0 Å². The minimum atomic E-state index is -1.67. The number of carbonyl (C=O) groups is 2. The standard InChI is InChI=1S/C14H17NO4/c15-13(17)19-12-8-4-7-11(16)14(12,18)9-10-5-2-1-3-6-10/h1-3,5-6,12,18H,4,7-9H2,(H2,15,17). The molecule has 1 aliphatic carbocycles. The first-order valence-electron chi connectivity index (χ1n) is 6.28. The molecule has 1 saturated carbocycles. The zero-order valence-corrected chi connectivity index (χ0v) is 10.5. The molecule has 2 atom stereocenters. The number of ether oxygens (including phenoxy) is 1. The van der Waals surface area contributed by atoms with Gasteiger partial charge in [0.1, 0.15) is 6.10 Å². The third kappa shape index (κ3) is 2.93. The molecule has 3 N–H and O–H groups in total. The lowest BCUT2D eigenvalue weighted by atomic mass is 9.77. The smallest absolute Gasteiger partial charge is 0.404 e. The molecule has 1 aromatic carbocycles. The third-order valence-electron chi connectivity index (χ3n) is 3.46. The summed E-state index contributed by atoms with van der Waals surface area (Å²) >= 11 is 0. The maximum absolute atomic E-state index is 12.0. The highest BCUT2D eigenvalue weighted by Gasteiger charge is 2.47. The first-order valence-corrected chi connectivity index (χ1v) is 6.28. The zero-order valence-electron chi connectivity index (χ0n) is 10.5. The molecule has 0 bridgehead atoms. The van der Waals surface area contributed by atoms with E-state index in [1.807, 2.05) is 30.3 Å². The van der Waals surface area contributed by atoms with Crippen molar-refractivity contribution in [1.29, 1.82) is 0 Å². The van der Waals surface area contributed by atoms with Gasteiger partial charge in [-0.1, -0.05) is 30.3 Å². The summed E-state index contributed by atoms with van der Waals surface area (Å²) in [6.45, 7) is 0. The first kappa shape index (κ1) is 13.5. The van der Waals surface area contributed by atoms with Crippen LogP contribution >= 0.6 is 0 Å². The molecule has 0 heterocycles. The van der Waals surface area contributed by atoms with Crippen LogP contribution in [0.3, 0.4) is 0 Å². The second kappa shape index (κ2) is 5.40. The molecule has 2 rings (SSSR count). The van der Waals surface area contributed by atoms with E-state index in [2.05, 4.69) is 0 Å².